The minimum absolute atomic E-state index is 0.0640. The quantitative estimate of drug-likeness (QED) is 0.880. The zero-order chi connectivity index (χ0) is 14.8. The van der Waals surface area contributed by atoms with Gasteiger partial charge in [0.05, 0.1) is 23.4 Å². The number of nitrogens with one attached hydrogen (secondary N) is 1. The van der Waals surface area contributed by atoms with Crippen molar-refractivity contribution in [1.29, 1.82) is 0 Å². The SMILES string of the molecule is CCCn1ncc(NCC2CCS(=O)(=O)C2)c(Cl)c1=O. The molecule has 0 aromatic carbocycles. The van der Waals surface area contributed by atoms with Crippen LogP contribution in [0.25, 0.3) is 0 Å². The number of halogens is 1. The van der Waals surface area contributed by atoms with Gasteiger partial charge in [-0.3, -0.25) is 4.79 Å². The second-order valence-electron chi connectivity index (χ2n) is 5.05. The van der Waals surface area contributed by atoms with Gasteiger partial charge in [0.1, 0.15) is 5.02 Å². The van der Waals surface area contributed by atoms with Crippen LogP contribution >= 0.6 is 11.6 Å². The van der Waals surface area contributed by atoms with Gasteiger partial charge in [0.25, 0.3) is 5.56 Å². The monoisotopic (exact) mass is 319 g/mol. The molecule has 1 aliphatic heterocycles. The molecule has 8 heteroatoms. The largest absolute Gasteiger partial charge is 0.382 e. The lowest BCUT2D eigenvalue weighted by molar-refractivity contribution is 0.567. The summed E-state index contributed by atoms with van der Waals surface area (Å²) in [5.74, 6) is 0.496. The maximum atomic E-state index is 11.9. The van der Waals surface area contributed by atoms with Gasteiger partial charge in [-0.1, -0.05) is 18.5 Å². The third-order valence-electron chi connectivity index (χ3n) is 3.33. The Morgan fingerprint density at radius 2 is 2.30 bits per heavy atom. The Bertz CT molecular complexity index is 642. The summed E-state index contributed by atoms with van der Waals surface area (Å²) >= 11 is 6.02. The number of hydrogen-bond acceptors (Lipinski definition) is 5. The second-order valence-corrected chi connectivity index (χ2v) is 7.66. The van der Waals surface area contributed by atoms with Crippen molar-refractivity contribution in [1.82, 2.24) is 9.78 Å². The van der Waals surface area contributed by atoms with Crippen molar-refractivity contribution in [2.24, 2.45) is 5.92 Å². The molecule has 1 unspecified atom stereocenters. The molecule has 2 heterocycles. The van der Waals surface area contributed by atoms with E-state index in [1.165, 1.54) is 10.9 Å². The molecule has 1 aromatic rings. The van der Waals surface area contributed by atoms with Crippen molar-refractivity contribution in [3.8, 4) is 0 Å². The number of rotatable bonds is 5. The fourth-order valence-electron chi connectivity index (χ4n) is 2.25. The van der Waals surface area contributed by atoms with Gasteiger partial charge < -0.3 is 5.32 Å². The first kappa shape index (κ1) is 15.3. The second kappa shape index (κ2) is 6.13. The molecule has 20 heavy (non-hydrogen) atoms. The maximum absolute atomic E-state index is 11.9. The third-order valence-corrected chi connectivity index (χ3v) is 5.53. The average Bonchev–Trinajstić information content (AvgIpc) is 2.74. The number of anilines is 1. The van der Waals surface area contributed by atoms with E-state index in [2.05, 4.69) is 10.4 Å². The molecule has 1 aliphatic rings. The summed E-state index contributed by atoms with van der Waals surface area (Å²) < 4.78 is 24.1. The predicted molar refractivity (Wildman–Crippen MR) is 79.0 cm³/mol. The van der Waals surface area contributed by atoms with Gasteiger partial charge in [-0.05, 0) is 18.8 Å². The van der Waals surface area contributed by atoms with Gasteiger partial charge in [-0.2, -0.15) is 5.10 Å². The standard InChI is InChI=1S/C12H18ClN3O3S/c1-2-4-16-12(17)11(13)10(7-15-16)14-6-9-3-5-20(18,19)8-9/h7,9,14H,2-6,8H2,1H3. The van der Waals surface area contributed by atoms with E-state index in [0.29, 0.717) is 25.2 Å². The summed E-state index contributed by atoms with van der Waals surface area (Å²) in [5, 5.41) is 7.18. The van der Waals surface area contributed by atoms with Crippen molar-refractivity contribution < 1.29 is 8.42 Å². The van der Waals surface area contributed by atoms with Crippen LogP contribution in [0.2, 0.25) is 5.02 Å². The van der Waals surface area contributed by atoms with Crippen LogP contribution in [0.5, 0.6) is 0 Å². The van der Waals surface area contributed by atoms with Gasteiger partial charge in [-0.15, -0.1) is 0 Å². The summed E-state index contributed by atoms with van der Waals surface area (Å²) in [6.45, 7) is 2.96. The van der Waals surface area contributed by atoms with Crippen molar-refractivity contribution in [2.75, 3.05) is 23.4 Å². The molecule has 1 N–H and O–H groups in total. The fourth-order valence-corrected chi connectivity index (χ4v) is 4.32. The molecule has 0 bridgehead atoms. The minimum Gasteiger partial charge on any atom is -0.382 e. The molecule has 6 nitrogen and oxygen atoms in total. The smallest absolute Gasteiger partial charge is 0.287 e. The molecule has 0 amide bonds. The topological polar surface area (TPSA) is 81.1 Å². The van der Waals surface area contributed by atoms with Crippen molar-refractivity contribution in [3.63, 3.8) is 0 Å². The van der Waals surface area contributed by atoms with E-state index in [9.17, 15) is 13.2 Å². The van der Waals surface area contributed by atoms with Crippen LogP contribution < -0.4 is 10.9 Å². The molecule has 1 saturated heterocycles. The van der Waals surface area contributed by atoms with Crippen LogP contribution in [-0.4, -0.2) is 36.2 Å². The van der Waals surface area contributed by atoms with E-state index in [1.54, 1.807) is 0 Å². The highest BCUT2D eigenvalue weighted by Crippen LogP contribution is 2.21. The first-order valence-electron chi connectivity index (χ1n) is 6.63. The molecule has 0 radical (unpaired) electrons. The maximum Gasteiger partial charge on any atom is 0.287 e. The highest BCUT2D eigenvalue weighted by molar-refractivity contribution is 7.91. The summed E-state index contributed by atoms with van der Waals surface area (Å²) in [5.41, 5.74) is 0.144. The van der Waals surface area contributed by atoms with Crippen LogP contribution in [0.15, 0.2) is 11.0 Å². The van der Waals surface area contributed by atoms with E-state index >= 15 is 0 Å². The van der Waals surface area contributed by atoms with Gasteiger partial charge in [0, 0.05) is 13.1 Å². The van der Waals surface area contributed by atoms with E-state index in [4.69, 9.17) is 11.6 Å². The van der Waals surface area contributed by atoms with Crippen molar-refractivity contribution in [2.45, 2.75) is 26.3 Å². The van der Waals surface area contributed by atoms with E-state index in [0.717, 1.165) is 6.42 Å². The molecule has 1 aromatic heterocycles. The Hall–Kier alpha value is -1.08. The Labute approximate surface area is 123 Å². The normalized spacial score (nSPS) is 21.0. The lowest BCUT2D eigenvalue weighted by atomic mass is 10.1. The Balaban J connectivity index is 2.04. The molecule has 0 aliphatic carbocycles. The molecular formula is C12H18ClN3O3S. The molecule has 2 rings (SSSR count). The Kier molecular flexibility index (Phi) is 4.70. The number of aryl methyl sites for hydroxylation is 1. The highest BCUT2D eigenvalue weighted by Gasteiger charge is 2.27. The minimum atomic E-state index is -2.89. The van der Waals surface area contributed by atoms with Gasteiger partial charge in [-0.25, -0.2) is 13.1 Å². The lowest BCUT2D eigenvalue weighted by Gasteiger charge is -2.12. The predicted octanol–water partition coefficient (Wildman–Crippen LogP) is 1.15. The highest BCUT2D eigenvalue weighted by atomic mass is 35.5. The zero-order valence-electron chi connectivity index (χ0n) is 11.3. The molecule has 1 atom stereocenters. The molecule has 0 spiro atoms. The van der Waals surface area contributed by atoms with E-state index in [1.807, 2.05) is 6.92 Å². The summed E-state index contributed by atoms with van der Waals surface area (Å²) in [4.78, 5) is 11.9. The first-order valence-corrected chi connectivity index (χ1v) is 8.83. The molecular weight excluding hydrogens is 302 g/mol. The summed E-state index contributed by atoms with van der Waals surface area (Å²) in [7, 11) is -2.89. The van der Waals surface area contributed by atoms with Crippen LogP contribution in [0, 0.1) is 5.92 Å². The number of aromatic nitrogens is 2. The molecule has 112 valence electrons. The average molecular weight is 320 g/mol. The van der Waals surface area contributed by atoms with Crippen LogP contribution in [-0.2, 0) is 16.4 Å². The van der Waals surface area contributed by atoms with Crippen LogP contribution in [0.1, 0.15) is 19.8 Å². The van der Waals surface area contributed by atoms with Gasteiger partial charge in [0.15, 0.2) is 9.84 Å². The van der Waals surface area contributed by atoms with Crippen molar-refractivity contribution in [3.05, 3.63) is 21.6 Å². The third kappa shape index (κ3) is 3.52. The van der Waals surface area contributed by atoms with Crippen molar-refractivity contribution >= 4 is 27.1 Å². The van der Waals surface area contributed by atoms with E-state index < -0.39 is 9.84 Å². The zero-order valence-corrected chi connectivity index (χ0v) is 12.9. The van der Waals surface area contributed by atoms with Crippen LogP contribution in [0.3, 0.4) is 0 Å². The Morgan fingerprint density at radius 1 is 1.55 bits per heavy atom. The van der Waals surface area contributed by atoms with Gasteiger partial charge >= 0.3 is 0 Å². The fraction of sp³-hybridized carbons (Fsp3) is 0.667. The lowest BCUT2D eigenvalue weighted by Crippen LogP contribution is -2.25. The summed E-state index contributed by atoms with van der Waals surface area (Å²) in [6, 6.07) is 0. The van der Waals surface area contributed by atoms with Gasteiger partial charge in [0.2, 0.25) is 0 Å². The van der Waals surface area contributed by atoms with E-state index in [-0.39, 0.29) is 28.0 Å². The number of hydrogen-bond donors (Lipinski definition) is 1. The first-order chi connectivity index (χ1) is 9.43. The number of nitrogens with zero attached hydrogens (tertiary/aromatic N) is 2. The summed E-state index contributed by atoms with van der Waals surface area (Å²) in [6.07, 6.45) is 2.96. The van der Waals surface area contributed by atoms with Crippen LogP contribution in [0.4, 0.5) is 5.69 Å². The number of sulfone groups is 1. The molecule has 0 saturated carbocycles. The molecule has 1 fully saturated rings. The Morgan fingerprint density at radius 3 is 2.90 bits per heavy atom.